The maximum Gasteiger partial charge on any atom is 0.336 e. The number of aliphatic imine (C=N–C) groups is 1. The Hall–Kier alpha value is -3.22. The summed E-state index contributed by atoms with van der Waals surface area (Å²) in [5.74, 6) is -6.10. The Labute approximate surface area is 175 Å². The molecule has 0 aromatic carbocycles. The van der Waals surface area contributed by atoms with E-state index in [0.29, 0.717) is 0 Å². The predicted octanol–water partition coefficient (Wildman–Crippen LogP) is 0.911. The van der Waals surface area contributed by atoms with Crippen LogP contribution >= 0.6 is 0 Å². The van der Waals surface area contributed by atoms with Gasteiger partial charge in [-0.1, -0.05) is 13.8 Å². The number of hydrogen-bond acceptors (Lipinski definition) is 9. The lowest BCUT2D eigenvalue weighted by Crippen LogP contribution is -2.50. The fourth-order valence-corrected chi connectivity index (χ4v) is 2.95. The van der Waals surface area contributed by atoms with Crippen LogP contribution in [0.25, 0.3) is 0 Å². The maximum absolute atomic E-state index is 12.9. The van der Waals surface area contributed by atoms with Crippen LogP contribution < -0.4 is 5.32 Å². The maximum atomic E-state index is 12.9. The van der Waals surface area contributed by atoms with Crippen LogP contribution in [-0.4, -0.2) is 55.9 Å². The highest BCUT2D eigenvalue weighted by Gasteiger charge is 2.46. The molecule has 0 fully saturated rings. The molecule has 0 radical (unpaired) electrons. The van der Waals surface area contributed by atoms with E-state index < -0.39 is 47.8 Å². The lowest BCUT2D eigenvalue weighted by Gasteiger charge is -2.29. The zero-order valence-electron chi connectivity index (χ0n) is 18.2. The summed E-state index contributed by atoms with van der Waals surface area (Å²) in [6.07, 6.45) is 0. The molecule has 0 spiro atoms. The summed E-state index contributed by atoms with van der Waals surface area (Å²) in [4.78, 5) is 53.8. The van der Waals surface area contributed by atoms with Gasteiger partial charge in [-0.15, -0.1) is 0 Å². The van der Waals surface area contributed by atoms with Crippen LogP contribution in [0.5, 0.6) is 0 Å². The molecule has 0 aromatic rings. The highest BCUT2D eigenvalue weighted by atomic mass is 16.5. The van der Waals surface area contributed by atoms with Gasteiger partial charge in [-0.05, 0) is 26.7 Å². The van der Waals surface area contributed by atoms with Gasteiger partial charge >= 0.3 is 17.9 Å². The third kappa shape index (κ3) is 5.23. The quantitative estimate of drug-likeness (QED) is 0.472. The number of nitrogens with one attached hydrogen (secondary N) is 1. The molecule has 1 amide bonds. The van der Waals surface area contributed by atoms with Crippen molar-refractivity contribution in [1.29, 1.82) is 5.26 Å². The third-order valence-electron chi connectivity index (χ3n) is 5.07. The second-order valence-electron chi connectivity index (χ2n) is 7.35. The van der Waals surface area contributed by atoms with Gasteiger partial charge in [-0.2, -0.15) is 5.26 Å². The normalized spacial score (nSPS) is 20.4. The van der Waals surface area contributed by atoms with Crippen molar-refractivity contribution in [3.8, 4) is 6.07 Å². The van der Waals surface area contributed by atoms with Gasteiger partial charge in [-0.25, -0.2) is 4.79 Å². The van der Waals surface area contributed by atoms with E-state index in [0.717, 1.165) is 14.2 Å². The number of nitriles is 1. The minimum absolute atomic E-state index is 0.145. The van der Waals surface area contributed by atoms with Gasteiger partial charge < -0.3 is 19.5 Å². The molecule has 1 heterocycles. The molecule has 0 saturated heterocycles. The van der Waals surface area contributed by atoms with Crippen molar-refractivity contribution in [2.75, 3.05) is 20.8 Å². The predicted molar refractivity (Wildman–Crippen MR) is 105 cm³/mol. The number of rotatable bonds is 7. The Kier molecular flexibility index (Phi) is 8.28. The number of carbonyl (C=O) groups is 4. The van der Waals surface area contributed by atoms with Crippen molar-refractivity contribution in [1.82, 2.24) is 5.32 Å². The number of esters is 3. The molecule has 1 rings (SSSR count). The van der Waals surface area contributed by atoms with Crippen molar-refractivity contribution in [2.24, 2.45) is 22.7 Å². The summed E-state index contributed by atoms with van der Waals surface area (Å²) in [6.45, 7) is 7.39. The van der Waals surface area contributed by atoms with Crippen molar-refractivity contribution in [3.63, 3.8) is 0 Å². The summed E-state index contributed by atoms with van der Waals surface area (Å²) >= 11 is 0. The monoisotopic (exact) mass is 421 g/mol. The molecular weight excluding hydrogens is 394 g/mol. The first-order valence-electron chi connectivity index (χ1n) is 9.24. The first-order valence-corrected chi connectivity index (χ1v) is 9.24. The summed E-state index contributed by atoms with van der Waals surface area (Å²) in [5.41, 5.74) is -0.842. The van der Waals surface area contributed by atoms with Crippen LogP contribution in [0.1, 0.15) is 34.6 Å². The van der Waals surface area contributed by atoms with E-state index >= 15 is 0 Å². The van der Waals surface area contributed by atoms with Crippen molar-refractivity contribution in [2.45, 2.75) is 40.2 Å². The Morgan fingerprint density at radius 1 is 1.13 bits per heavy atom. The largest absolute Gasteiger partial charge is 0.468 e. The van der Waals surface area contributed by atoms with E-state index in [1.54, 1.807) is 20.8 Å². The van der Waals surface area contributed by atoms with E-state index in [1.165, 1.54) is 13.8 Å². The number of ether oxygens (including phenoxy) is 3. The van der Waals surface area contributed by atoms with Gasteiger partial charge in [0.15, 0.2) is 6.61 Å². The van der Waals surface area contributed by atoms with E-state index in [-0.39, 0.29) is 22.9 Å². The Morgan fingerprint density at radius 3 is 2.20 bits per heavy atom. The summed E-state index contributed by atoms with van der Waals surface area (Å²) < 4.78 is 14.6. The van der Waals surface area contributed by atoms with Crippen LogP contribution in [0.2, 0.25) is 0 Å². The van der Waals surface area contributed by atoms with E-state index in [9.17, 15) is 24.4 Å². The van der Waals surface area contributed by atoms with Gasteiger partial charge in [-0.3, -0.25) is 19.4 Å². The van der Waals surface area contributed by atoms with Gasteiger partial charge in [0, 0.05) is 11.4 Å². The molecule has 10 heteroatoms. The molecule has 164 valence electrons. The van der Waals surface area contributed by atoms with Crippen LogP contribution in [0, 0.1) is 29.1 Å². The average Bonchev–Trinajstić information content (AvgIpc) is 2.69. The topological polar surface area (TPSA) is 144 Å². The molecule has 10 nitrogen and oxygen atoms in total. The summed E-state index contributed by atoms with van der Waals surface area (Å²) in [7, 11) is 2.27. The van der Waals surface area contributed by atoms with Crippen LogP contribution in [0.3, 0.4) is 0 Å². The molecule has 0 bridgehead atoms. The molecule has 1 aliphatic rings. The summed E-state index contributed by atoms with van der Waals surface area (Å²) in [6, 6.07) is 2.01. The van der Waals surface area contributed by atoms with Crippen molar-refractivity contribution >= 4 is 29.5 Å². The summed E-state index contributed by atoms with van der Waals surface area (Å²) in [5, 5.41) is 11.8. The van der Waals surface area contributed by atoms with Crippen molar-refractivity contribution < 1.29 is 33.4 Å². The lowest BCUT2D eigenvalue weighted by molar-refractivity contribution is -0.158. The number of methoxy groups -OCH3 is 2. The fraction of sp³-hybridized carbons (Fsp3) is 0.600. The first kappa shape index (κ1) is 24.8. The first-order chi connectivity index (χ1) is 13.9. The Morgan fingerprint density at radius 2 is 1.73 bits per heavy atom. The van der Waals surface area contributed by atoms with E-state index in [1.807, 2.05) is 6.07 Å². The minimum Gasteiger partial charge on any atom is -0.468 e. The number of amides is 1. The van der Waals surface area contributed by atoms with E-state index in [2.05, 4.69) is 10.3 Å². The molecule has 0 saturated carbocycles. The number of allylic oxidation sites excluding steroid dienone is 1. The fourth-order valence-electron chi connectivity index (χ4n) is 2.95. The van der Waals surface area contributed by atoms with E-state index in [4.69, 9.17) is 14.2 Å². The van der Waals surface area contributed by atoms with Gasteiger partial charge in [0.1, 0.15) is 17.4 Å². The van der Waals surface area contributed by atoms with Crippen LogP contribution in [-0.2, 0) is 33.4 Å². The highest BCUT2D eigenvalue weighted by molar-refractivity contribution is 6.10. The molecule has 1 N–H and O–H groups in total. The Bertz CT molecular complexity index is 838. The average molecular weight is 421 g/mol. The van der Waals surface area contributed by atoms with Gasteiger partial charge in [0.05, 0.1) is 25.9 Å². The standard InChI is InChI=1S/C20H27N3O7/c1-10(2)20(5,9-21)23-13(24)8-30-19(27)16-14(17(25)28-6)11(3)22-12(4)15(16)18(26)29-7/h10,14,16H,8H2,1-7H3,(H,23,24)/t14?,16-,20-/m0/s1. The molecule has 3 atom stereocenters. The second-order valence-corrected chi connectivity index (χ2v) is 7.35. The number of carbonyl (C=O) groups excluding carboxylic acids is 4. The molecule has 1 aliphatic heterocycles. The van der Waals surface area contributed by atoms with Gasteiger partial charge in [0.25, 0.3) is 5.91 Å². The van der Waals surface area contributed by atoms with Crippen molar-refractivity contribution in [3.05, 3.63) is 11.3 Å². The molecular formula is C20H27N3O7. The minimum atomic E-state index is -1.39. The highest BCUT2D eigenvalue weighted by Crippen LogP contribution is 2.33. The second kappa shape index (κ2) is 10.0. The molecule has 1 unspecified atom stereocenters. The zero-order chi connectivity index (χ0) is 23.2. The number of hydrogen-bond donors (Lipinski definition) is 1. The third-order valence-corrected chi connectivity index (χ3v) is 5.07. The SMILES string of the molecule is COC(=O)C1=C(C)N=C(C)C(C(=O)OC)[C@@H]1C(=O)OCC(=O)N[C@@](C)(C#N)C(C)C. The van der Waals surface area contributed by atoms with Crippen LogP contribution in [0.4, 0.5) is 0 Å². The zero-order valence-corrected chi connectivity index (χ0v) is 18.2. The van der Waals surface area contributed by atoms with Crippen LogP contribution in [0.15, 0.2) is 16.3 Å². The molecule has 0 aromatic heterocycles. The van der Waals surface area contributed by atoms with Gasteiger partial charge in [0.2, 0.25) is 0 Å². The molecule has 30 heavy (non-hydrogen) atoms. The smallest absolute Gasteiger partial charge is 0.336 e. The Balaban J connectivity index is 3.14. The number of nitrogens with zero attached hydrogens (tertiary/aromatic N) is 2. The lowest BCUT2D eigenvalue weighted by atomic mass is 9.80. The molecule has 0 aliphatic carbocycles.